The topological polar surface area (TPSA) is 17.0 Å². The van der Waals surface area contributed by atoms with Crippen molar-refractivity contribution in [3.63, 3.8) is 0 Å². The van der Waals surface area contributed by atoms with Crippen molar-refractivity contribution in [1.82, 2.24) is 9.88 Å². The first-order chi connectivity index (χ1) is 27.0. The van der Waals surface area contributed by atoms with E-state index in [4.69, 9.17) is 0 Å². The summed E-state index contributed by atoms with van der Waals surface area (Å²) in [6.45, 7) is 4.68. The van der Waals surface area contributed by atoms with Crippen molar-refractivity contribution in [3.8, 4) is 28.1 Å². The van der Waals surface area contributed by atoms with Crippen molar-refractivity contribution in [2.24, 2.45) is 0 Å². The van der Waals surface area contributed by atoms with Crippen LogP contribution < -0.4 is 5.32 Å². The Morgan fingerprint density at radius 2 is 1.31 bits per heavy atom. The Morgan fingerprint density at radius 3 is 2.05 bits per heavy atom. The van der Waals surface area contributed by atoms with Gasteiger partial charge in [-0.25, -0.2) is 0 Å². The van der Waals surface area contributed by atoms with E-state index in [2.05, 4.69) is 230 Å². The van der Waals surface area contributed by atoms with E-state index >= 15 is 0 Å². The van der Waals surface area contributed by atoms with Crippen LogP contribution in [0.25, 0.3) is 56.2 Å². The van der Waals surface area contributed by atoms with E-state index in [9.17, 15) is 0 Å². The van der Waals surface area contributed by atoms with Crippen molar-refractivity contribution in [2.75, 3.05) is 0 Å². The smallest absolute Gasteiger partial charge is 0.0540 e. The maximum Gasteiger partial charge on any atom is 0.0540 e. The van der Waals surface area contributed by atoms with Gasteiger partial charge < -0.3 is 9.88 Å². The molecule has 1 aromatic heterocycles. The van der Waals surface area contributed by atoms with Gasteiger partial charge in [-0.15, -0.1) is 0 Å². The first kappa shape index (κ1) is 34.1. The Hall–Kier alpha value is -6.64. The summed E-state index contributed by atoms with van der Waals surface area (Å²) in [7, 11) is 0. The van der Waals surface area contributed by atoms with Crippen molar-refractivity contribution in [1.29, 1.82) is 0 Å². The van der Waals surface area contributed by atoms with Gasteiger partial charge in [-0.1, -0.05) is 184 Å². The van der Waals surface area contributed by atoms with Crippen molar-refractivity contribution >= 4 is 28.1 Å². The molecule has 1 heterocycles. The number of allylic oxidation sites excluding steroid dienone is 6. The Balaban J connectivity index is 0.902. The van der Waals surface area contributed by atoms with Gasteiger partial charge in [-0.2, -0.15) is 0 Å². The molecule has 6 aromatic carbocycles. The zero-order chi connectivity index (χ0) is 37.2. The van der Waals surface area contributed by atoms with Crippen molar-refractivity contribution in [3.05, 3.63) is 228 Å². The molecule has 2 aliphatic rings. The average Bonchev–Trinajstić information content (AvgIpc) is 3.73. The highest BCUT2D eigenvalue weighted by molar-refractivity contribution is 5.94. The first-order valence-corrected chi connectivity index (χ1v) is 19.3. The molecule has 55 heavy (non-hydrogen) atoms. The molecule has 0 bridgehead atoms. The van der Waals surface area contributed by atoms with E-state index in [0.717, 1.165) is 12.1 Å². The molecule has 0 radical (unpaired) electrons. The second-order valence-electron chi connectivity index (χ2n) is 15.0. The summed E-state index contributed by atoms with van der Waals surface area (Å²) >= 11 is 0. The normalized spacial score (nSPS) is 17.6. The van der Waals surface area contributed by atoms with Gasteiger partial charge in [0, 0.05) is 22.5 Å². The van der Waals surface area contributed by atoms with E-state index in [1.165, 1.54) is 72.3 Å². The third-order valence-corrected chi connectivity index (χ3v) is 11.2. The lowest BCUT2D eigenvalue weighted by atomic mass is 9.81. The van der Waals surface area contributed by atoms with Gasteiger partial charge in [-0.05, 0) is 98.6 Å². The molecule has 2 aliphatic carbocycles. The highest BCUT2D eigenvalue weighted by Crippen LogP contribution is 2.50. The van der Waals surface area contributed by atoms with E-state index in [1.54, 1.807) is 0 Å². The number of fused-ring (bicyclic) bond motifs is 2. The zero-order valence-electron chi connectivity index (χ0n) is 31.4. The van der Waals surface area contributed by atoms with Crippen molar-refractivity contribution < 1.29 is 0 Å². The molecule has 7 aromatic rings. The molecule has 266 valence electrons. The maximum atomic E-state index is 3.64. The minimum atomic E-state index is -0.104. The van der Waals surface area contributed by atoms with Crippen LogP contribution in [-0.4, -0.2) is 10.6 Å². The summed E-state index contributed by atoms with van der Waals surface area (Å²) in [4.78, 5) is 0. The lowest BCUT2D eigenvalue weighted by molar-refractivity contribution is 0.664. The fraction of sp³-hybridized carbons (Fsp3) is 0.0943. The largest absolute Gasteiger partial charge is 0.384 e. The quantitative estimate of drug-likeness (QED) is 0.166. The number of para-hydroxylation sites is 1. The van der Waals surface area contributed by atoms with Crippen LogP contribution >= 0.6 is 0 Å². The second kappa shape index (κ2) is 14.6. The molecule has 0 saturated heterocycles. The van der Waals surface area contributed by atoms with Gasteiger partial charge in [0.15, 0.2) is 0 Å². The molecular formula is C53H44N2. The Morgan fingerprint density at radius 1 is 0.655 bits per heavy atom. The summed E-state index contributed by atoms with van der Waals surface area (Å²) in [6, 6.07) is 59.1. The molecule has 0 saturated carbocycles. The number of nitrogens with zero attached hydrogens (tertiary/aromatic N) is 1. The minimum absolute atomic E-state index is 0.104. The molecule has 2 nitrogen and oxygen atoms in total. The van der Waals surface area contributed by atoms with Gasteiger partial charge in [0.25, 0.3) is 0 Å². The van der Waals surface area contributed by atoms with Gasteiger partial charge in [0.05, 0.1) is 11.2 Å². The van der Waals surface area contributed by atoms with E-state index in [0.29, 0.717) is 0 Å². The van der Waals surface area contributed by atoms with Crippen LogP contribution in [0, 0.1) is 0 Å². The lowest BCUT2D eigenvalue weighted by Gasteiger charge is -2.22. The maximum absolute atomic E-state index is 3.64. The SMILES string of the molecule is CC1(C)C(=C/c2ccc(-c3ccccc3)cc2)/C(=C\C=C\NC2C=CC(c3ccc(-n4c(-c5ccccc5)cc5ccccc54)cc3)=CC2)c2ccccc21. The molecule has 0 aliphatic heterocycles. The number of nitrogens with one attached hydrogen (secondary N) is 1. The van der Waals surface area contributed by atoms with Crippen LogP contribution in [-0.2, 0) is 5.41 Å². The molecule has 0 amide bonds. The molecule has 1 atom stereocenters. The summed E-state index contributed by atoms with van der Waals surface area (Å²) in [6.07, 6.45) is 16.7. The van der Waals surface area contributed by atoms with Crippen LogP contribution in [0.15, 0.2) is 206 Å². The third kappa shape index (κ3) is 6.73. The van der Waals surface area contributed by atoms with Crippen LogP contribution in [0.2, 0.25) is 0 Å². The summed E-state index contributed by atoms with van der Waals surface area (Å²) in [5, 5.41) is 4.88. The molecule has 9 rings (SSSR count). The fourth-order valence-electron chi connectivity index (χ4n) is 8.24. The molecule has 2 heteroatoms. The van der Waals surface area contributed by atoms with Crippen LogP contribution in [0.5, 0.6) is 0 Å². The Labute approximate surface area is 324 Å². The molecule has 0 spiro atoms. The number of hydrogen-bond donors (Lipinski definition) is 1. The fourth-order valence-corrected chi connectivity index (χ4v) is 8.24. The lowest BCUT2D eigenvalue weighted by Crippen LogP contribution is -2.22. The third-order valence-electron chi connectivity index (χ3n) is 11.2. The molecule has 0 fully saturated rings. The predicted octanol–water partition coefficient (Wildman–Crippen LogP) is 13.2. The molecular weight excluding hydrogens is 665 g/mol. The second-order valence-corrected chi connectivity index (χ2v) is 15.0. The average molecular weight is 709 g/mol. The van der Waals surface area contributed by atoms with E-state index in [-0.39, 0.29) is 11.5 Å². The molecule has 1 unspecified atom stereocenters. The Kier molecular flexibility index (Phi) is 9.09. The monoisotopic (exact) mass is 708 g/mol. The zero-order valence-corrected chi connectivity index (χ0v) is 31.4. The summed E-state index contributed by atoms with van der Waals surface area (Å²) in [5.74, 6) is 0. The Bertz CT molecular complexity index is 2630. The van der Waals surface area contributed by atoms with Crippen LogP contribution in [0.4, 0.5) is 0 Å². The summed E-state index contributed by atoms with van der Waals surface area (Å²) in [5.41, 5.74) is 16.1. The number of aromatic nitrogens is 1. The van der Waals surface area contributed by atoms with E-state index in [1.807, 2.05) is 0 Å². The number of rotatable bonds is 8. The van der Waals surface area contributed by atoms with Crippen LogP contribution in [0.1, 0.15) is 42.5 Å². The van der Waals surface area contributed by atoms with Crippen molar-refractivity contribution in [2.45, 2.75) is 31.7 Å². The first-order valence-electron chi connectivity index (χ1n) is 19.3. The molecule has 1 N–H and O–H groups in total. The number of benzene rings is 6. The predicted molar refractivity (Wildman–Crippen MR) is 234 cm³/mol. The highest BCUT2D eigenvalue weighted by Gasteiger charge is 2.37. The van der Waals surface area contributed by atoms with Gasteiger partial charge in [0.1, 0.15) is 0 Å². The van der Waals surface area contributed by atoms with Crippen LogP contribution in [0.3, 0.4) is 0 Å². The summed E-state index contributed by atoms with van der Waals surface area (Å²) < 4.78 is 2.37. The standard InChI is InChI=1S/C53H44N2/c1-53(2)49-21-11-10-19-47(49)48(50(53)36-38-23-25-40(26-24-38)39-14-5-3-6-15-39)20-13-35-54-45-31-27-41(28-32-45)42-29-33-46(34-30-42)55-51-22-12-9-18-44(51)37-52(55)43-16-7-4-8-17-43/h3-31,33-37,45,54H,32H2,1-2H3/b35-13+,48-20-,50-36+. The van der Waals surface area contributed by atoms with Gasteiger partial charge >= 0.3 is 0 Å². The van der Waals surface area contributed by atoms with E-state index < -0.39 is 0 Å². The minimum Gasteiger partial charge on any atom is -0.384 e. The van der Waals surface area contributed by atoms with Gasteiger partial charge in [-0.3, -0.25) is 0 Å². The highest BCUT2D eigenvalue weighted by atomic mass is 15.0. The number of hydrogen-bond acceptors (Lipinski definition) is 1. The van der Waals surface area contributed by atoms with Gasteiger partial charge in [0.2, 0.25) is 0 Å².